The molecule has 0 aromatic heterocycles. The molecule has 2 aromatic carbocycles. The Morgan fingerprint density at radius 1 is 0.824 bits per heavy atom. The summed E-state index contributed by atoms with van der Waals surface area (Å²) in [4.78, 5) is 0. The van der Waals surface area contributed by atoms with E-state index in [0.29, 0.717) is 11.4 Å². The first-order valence-electron chi connectivity index (χ1n) is 5.32. The van der Waals surface area contributed by atoms with Gasteiger partial charge in [-0.15, -0.1) is 0 Å². The predicted molar refractivity (Wildman–Crippen MR) is 69.4 cm³/mol. The van der Waals surface area contributed by atoms with Crippen molar-refractivity contribution in [2.24, 2.45) is 0 Å². The van der Waals surface area contributed by atoms with Crippen LogP contribution in [0.4, 0.5) is 5.69 Å². The van der Waals surface area contributed by atoms with Crippen LogP contribution in [0.1, 0.15) is 0 Å². The standard InChI is InChI=1S/C14H15NO2/c1-16-12-6-3-10(4-7-12)11-5-8-14(17-2)13(15)9-11/h3-9H,15H2,1-2H3. The minimum absolute atomic E-state index is 0.640. The van der Waals surface area contributed by atoms with Gasteiger partial charge in [-0.05, 0) is 35.4 Å². The summed E-state index contributed by atoms with van der Waals surface area (Å²) in [5.41, 5.74) is 8.67. The molecule has 88 valence electrons. The summed E-state index contributed by atoms with van der Waals surface area (Å²) in [6.07, 6.45) is 0. The van der Waals surface area contributed by atoms with Gasteiger partial charge in [0, 0.05) is 0 Å². The van der Waals surface area contributed by atoms with Crippen molar-refractivity contribution in [3.63, 3.8) is 0 Å². The molecule has 2 rings (SSSR count). The number of anilines is 1. The van der Waals surface area contributed by atoms with Gasteiger partial charge < -0.3 is 15.2 Å². The van der Waals surface area contributed by atoms with Crippen LogP contribution >= 0.6 is 0 Å². The van der Waals surface area contributed by atoms with Crippen LogP contribution in [-0.2, 0) is 0 Å². The van der Waals surface area contributed by atoms with Gasteiger partial charge in [-0.1, -0.05) is 18.2 Å². The Morgan fingerprint density at radius 3 is 2.00 bits per heavy atom. The van der Waals surface area contributed by atoms with Gasteiger partial charge in [-0.3, -0.25) is 0 Å². The second-order valence-corrected chi connectivity index (χ2v) is 3.69. The average Bonchev–Trinajstić information content (AvgIpc) is 2.39. The van der Waals surface area contributed by atoms with E-state index in [1.807, 2.05) is 42.5 Å². The molecule has 0 atom stereocenters. The van der Waals surface area contributed by atoms with Crippen LogP contribution < -0.4 is 15.2 Å². The molecule has 0 bridgehead atoms. The van der Waals surface area contributed by atoms with Crippen LogP contribution in [0.25, 0.3) is 11.1 Å². The summed E-state index contributed by atoms with van der Waals surface area (Å²) >= 11 is 0. The van der Waals surface area contributed by atoms with E-state index in [0.717, 1.165) is 16.9 Å². The lowest BCUT2D eigenvalue weighted by Crippen LogP contribution is -1.92. The maximum absolute atomic E-state index is 5.88. The molecular formula is C14H15NO2. The van der Waals surface area contributed by atoms with Crippen molar-refractivity contribution in [1.29, 1.82) is 0 Å². The zero-order valence-corrected chi connectivity index (χ0v) is 9.94. The summed E-state index contributed by atoms with van der Waals surface area (Å²) in [6, 6.07) is 13.6. The maximum atomic E-state index is 5.88. The Hall–Kier alpha value is -2.16. The van der Waals surface area contributed by atoms with E-state index in [2.05, 4.69) is 0 Å². The highest BCUT2D eigenvalue weighted by atomic mass is 16.5. The Labute approximate surface area is 101 Å². The number of nitrogens with two attached hydrogens (primary N) is 1. The van der Waals surface area contributed by atoms with E-state index in [1.54, 1.807) is 14.2 Å². The monoisotopic (exact) mass is 229 g/mol. The lowest BCUT2D eigenvalue weighted by Gasteiger charge is -2.08. The number of ether oxygens (including phenoxy) is 2. The molecule has 0 aliphatic carbocycles. The van der Waals surface area contributed by atoms with Gasteiger partial charge in [0.1, 0.15) is 11.5 Å². The number of nitrogen functional groups attached to an aromatic ring is 1. The minimum Gasteiger partial charge on any atom is -0.497 e. The third kappa shape index (κ3) is 2.33. The molecule has 0 aliphatic rings. The summed E-state index contributed by atoms with van der Waals surface area (Å²) in [5, 5.41) is 0. The van der Waals surface area contributed by atoms with Crippen LogP contribution in [0.5, 0.6) is 11.5 Å². The molecule has 3 nitrogen and oxygen atoms in total. The van der Waals surface area contributed by atoms with Crippen molar-refractivity contribution in [3.05, 3.63) is 42.5 Å². The van der Waals surface area contributed by atoms with Crippen LogP contribution in [-0.4, -0.2) is 14.2 Å². The minimum atomic E-state index is 0.640. The van der Waals surface area contributed by atoms with Gasteiger partial charge in [-0.2, -0.15) is 0 Å². The molecule has 17 heavy (non-hydrogen) atoms. The molecule has 0 unspecified atom stereocenters. The molecule has 0 saturated carbocycles. The van der Waals surface area contributed by atoms with Gasteiger partial charge in [0.2, 0.25) is 0 Å². The van der Waals surface area contributed by atoms with Crippen molar-refractivity contribution >= 4 is 5.69 Å². The third-order valence-corrected chi connectivity index (χ3v) is 2.65. The lowest BCUT2D eigenvalue weighted by atomic mass is 10.0. The predicted octanol–water partition coefficient (Wildman–Crippen LogP) is 2.95. The molecule has 2 aromatic rings. The van der Waals surface area contributed by atoms with Crippen molar-refractivity contribution in [3.8, 4) is 22.6 Å². The van der Waals surface area contributed by atoms with Crippen LogP contribution in [0, 0.1) is 0 Å². The Morgan fingerprint density at radius 2 is 1.47 bits per heavy atom. The van der Waals surface area contributed by atoms with Crippen molar-refractivity contribution < 1.29 is 9.47 Å². The highest BCUT2D eigenvalue weighted by molar-refractivity contribution is 5.71. The second kappa shape index (κ2) is 4.78. The van der Waals surface area contributed by atoms with Gasteiger partial charge in [-0.25, -0.2) is 0 Å². The van der Waals surface area contributed by atoms with Gasteiger partial charge in [0.25, 0.3) is 0 Å². The molecule has 0 fully saturated rings. The quantitative estimate of drug-likeness (QED) is 0.823. The smallest absolute Gasteiger partial charge is 0.141 e. The number of benzene rings is 2. The zero-order valence-electron chi connectivity index (χ0n) is 9.94. The second-order valence-electron chi connectivity index (χ2n) is 3.69. The largest absolute Gasteiger partial charge is 0.497 e. The number of methoxy groups -OCH3 is 2. The fourth-order valence-corrected chi connectivity index (χ4v) is 1.70. The maximum Gasteiger partial charge on any atom is 0.141 e. The molecule has 0 saturated heterocycles. The Kier molecular flexibility index (Phi) is 3.19. The topological polar surface area (TPSA) is 44.5 Å². The van der Waals surface area contributed by atoms with E-state index in [9.17, 15) is 0 Å². The molecule has 0 spiro atoms. The SMILES string of the molecule is COc1ccc(-c2ccc(OC)c(N)c2)cc1. The first-order valence-corrected chi connectivity index (χ1v) is 5.32. The lowest BCUT2D eigenvalue weighted by molar-refractivity contribution is 0.415. The molecule has 0 radical (unpaired) electrons. The van der Waals surface area contributed by atoms with Crippen LogP contribution in [0.15, 0.2) is 42.5 Å². The summed E-state index contributed by atoms with van der Waals surface area (Å²) in [6.45, 7) is 0. The molecular weight excluding hydrogens is 214 g/mol. The van der Waals surface area contributed by atoms with E-state index in [4.69, 9.17) is 15.2 Å². The van der Waals surface area contributed by atoms with Crippen molar-refractivity contribution in [1.82, 2.24) is 0 Å². The normalized spacial score (nSPS) is 10.0. The van der Waals surface area contributed by atoms with Crippen LogP contribution in [0.3, 0.4) is 0 Å². The molecule has 0 aliphatic heterocycles. The first kappa shape index (κ1) is 11.3. The number of hydrogen-bond acceptors (Lipinski definition) is 3. The summed E-state index contributed by atoms with van der Waals surface area (Å²) in [7, 11) is 3.26. The van der Waals surface area contributed by atoms with E-state index in [1.165, 1.54) is 0 Å². The van der Waals surface area contributed by atoms with Gasteiger partial charge >= 0.3 is 0 Å². The van der Waals surface area contributed by atoms with E-state index < -0.39 is 0 Å². The fraction of sp³-hybridized carbons (Fsp3) is 0.143. The zero-order chi connectivity index (χ0) is 12.3. The fourth-order valence-electron chi connectivity index (χ4n) is 1.70. The number of hydrogen-bond donors (Lipinski definition) is 1. The van der Waals surface area contributed by atoms with Crippen LogP contribution in [0.2, 0.25) is 0 Å². The summed E-state index contributed by atoms with van der Waals surface area (Å²) in [5.74, 6) is 1.54. The number of rotatable bonds is 3. The van der Waals surface area contributed by atoms with Gasteiger partial charge in [0.15, 0.2) is 0 Å². The van der Waals surface area contributed by atoms with Crippen molar-refractivity contribution in [2.75, 3.05) is 20.0 Å². The molecule has 0 amide bonds. The van der Waals surface area contributed by atoms with Crippen molar-refractivity contribution in [2.45, 2.75) is 0 Å². The van der Waals surface area contributed by atoms with Gasteiger partial charge in [0.05, 0.1) is 19.9 Å². The third-order valence-electron chi connectivity index (χ3n) is 2.65. The first-order chi connectivity index (χ1) is 8.24. The Bertz CT molecular complexity index is 506. The average molecular weight is 229 g/mol. The molecule has 2 N–H and O–H groups in total. The van der Waals surface area contributed by atoms with E-state index >= 15 is 0 Å². The molecule has 0 heterocycles. The highest BCUT2D eigenvalue weighted by Crippen LogP contribution is 2.29. The Balaban J connectivity index is 2.35. The summed E-state index contributed by atoms with van der Waals surface area (Å²) < 4.78 is 10.2. The molecule has 3 heteroatoms. The highest BCUT2D eigenvalue weighted by Gasteiger charge is 2.03. The van der Waals surface area contributed by atoms with E-state index in [-0.39, 0.29) is 0 Å².